The van der Waals surface area contributed by atoms with Gasteiger partial charge in [0.2, 0.25) is 6.17 Å². The molecule has 176 valence electrons. The number of benzene rings is 3. The van der Waals surface area contributed by atoms with Gasteiger partial charge in [0.05, 0.1) is 18.0 Å². The highest BCUT2D eigenvalue weighted by Crippen LogP contribution is 2.28. The number of H-pyrrole nitrogens is 1. The molecular weight excluding hydrogens is 440 g/mol. The van der Waals surface area contributed by atoms with Gasteiger partial charge in [-0.25, -0.2) is 4.99 Å². The fraction of sp³-hybridized carbons (Fsp3) is 0.179. The molecule has 0 radical (unpaired) electrons. The molecule has 7 nitrogen and oxygen atoms in total. The van der Waals surface area contributed by atoms with Gasteiger partial charge in [-0.2, -0.15) is 0 Å². The van der Waals surface area contributed by atoms with Crippen molar-refractivity contribution in [3.63, 3.8) is 0 Å². The Bertz CT molecular complexity index is 1360. The first-order valence-electron chi connectivity index (χ1n) is 11.7. The van der Waals surface area contributed by atoms with Gasteiger partial charge >= 0.3 is 0 Å². The summed E-state index contributed by atoms with van der Waals surface area (Å²) in [6.45, 7) is 3.19. The van der Waals surface area contributed by atoms with Crippen LogP contribution in [0.4, 0.5) is 5.69 Å². The summed E-state index contributed by atoms with van der Waals surface area (Å²) in [6, 6.07) is 26.8. The van der Waals surface area contributed by atoms with Crippen LogP contribution in [0.2, 0.25) is 0 Å². The van der Waals surface area contributed by atoms with Gasteiger partial charge < -0.3 is 19.9 Å². The summed E-state index contributed by atoms with van der Waals surface area (Å²) in [4.78, 5) is 36.6. The number of ether oxygens (including phenoxy) is 1. The Morgan fingerprint density at radius 3 is 2.57 bits per heavy atom. The molecule has 5 rings (SSSR count). The van der Waals surface area contributed by atoms with E-state index in [9.17, 15) is 9.59 Å². The number of nitrogens with one attached hydrogen (secondary N) is 2. The summed E-state index contributed by atoms with van der Waals surface area (Å²) in [7, 11) is 0. The lowest BCUT2D eigenvalue weighted by Crippen LogP contribution is -2.48. The number of hydrogen-bond acceptors (Lipinski definition) is 4. The molecule has 0 spiro atoms. The maximum atomic E-state index is 13.8. The van der Waals surface area contributed by atoms with E-state index in [1.807, 2.05) is 85.8 Å². The van der Waals surface area contributed by atoms with E-state index in [0.717, 1.165) is 27.7 Å². The number of amides is 2. The van der Waals surface area contributed by atoms with Crippen LogP contribution in [-0.2, 0) is 9.53 Å². The molecule has 0 aliphatic carbocycles. The van der Waals surface area contributed by atoms with Crippen LogP contribution in [0, 0.1) is 0 Å². The van der Waals surface area contributed by atoms with Crippen molar-refractivity contribution in [2.45, 2.75) is 13.1 Å². The van der Waals surface area contributed by atoms with E-state index >= 15 is 0 Å². The number of nitrogens with zero attached hydrogens (tertiary/aromatic N) is 2. The Kier molecular flexibility index (Phi) is 6.41. The predicted molar refractivity (Wildman–Crippen MR) is 137 cm³/mol. The normalized spacial score (nSPS) is 15.5. The fourth-order valence-electron chi connectivity index (χ4n) is 4.28. The molecular formula is C28H26N4O3. The zero-order chi connectivity index (χ0) is 24.2. The molecule has 1 unspecified atom stereocenters. The summed E-state index contributed by atoms with van der Waals surface area (Å²) in [5.41, 5.74) is 4.30. The minimum atomic E-state index is -1.10. The molecule has 1 aliphatic rings. The van der Waals surface area contributed by atoms with E-state index in [0.29, 0.717) is 31.2 Å². The number of aromatic amines is 1. The monoisotopic (exact) mass is 466 g/mol. The number of benzodiazepines with no additional fused rings is 1. The molecule has 0 saturated heterocycles. The predicted octanol–water partition coefficient (Wildman–Crippen LogP) is 4.14. The van der Waals surface area contributed by atoms with Crippen LogP contribution in [0.5, 0.6) is 0 Å². The summed E-state index contributed by atoms with van der Waals surface area (Å²) < 4.78 is 5.55. The molecule has 2 heterocycles. The molecule has 7 heteroatoms. The van der Waals surface area contributed by atoms with Crippen LogP contribution in [0.25, 0.3) is 10.9 Å². The molecule has 1 aromatic heterocycles. The van der Waals surface area contributed by atoms with Crippen molar-refractivity contribution in [2.75, 3.05) is 24.7 Å². The molecule has 35 heavy (non-hydrogen) atoms. The fourth-order valence-corrected chi connectivity index (χ4v) is 4.28. The highest BCUT2D eigenvalue weighted by Gasteiger charge is 2.33. The van der Waals surface area contributed by atoms with Crippen molar-refractivity contribution in [1.29, 1.82) is 0 Å². The maximum absolute atomic E-state index is 13.8. The number of hydrogen-bond donors (Lipinski definition) is 2. The van der Waals surface area contributed by atoms with Crippen LogP contribution in [0.1, 0.15) is 28.5 Å². The zero-order valence-corrected chi connectivity index (χ0v) is 19.4. The lowest BCUT2D eigenvalue weighted by atomic mass is 10.0. The van der Waals surface area contributed by atoms with E-state index in [2.05, 4.69) is 10.3 Å². The van der Waals surface area contributed by atoms with Crippen molar-refractivity contribution < 1.29 is 14.3 Å². The highest BCUT2D eigenvalue weighted by atomic mass is 16.5. The van der Waals surface area contributed by atoms with E-state index in [1.165, 1.54) is 0 Å². The lowest BCUT2D eigenvalue weighted by Gasteiger charge is -2.25. The topological polar surface area (TPSA) is 86.8 Å². The standard InChI is InChI=1S/C28H26N4O3/c1-2-35-17-16-32-24-15-9-7-13-21(24)25(19-10-4-3-5-11-19)30-26(28(32)34)31-27(33)23-18-20-12-6-8-14-22(20)29-23/h3-15,18,26,29H,2,16-17H2,1H3,(H,31,33). The van der Waals surface area contributed by atoms with Gasteiger partial charge in [0.25, 0.3) is 11.8 Å². The van der Waals surface area contributed by atoms with E-state index < -0.39 is 12.1 Å². The minimum Gasteiger partial charge on any atom is -0.380 e. The van der Waals surface area contributed by atoms with Crippen LogP contribution in [0.3, 0.4) is 0 Å². The molecule has 0 saturated carbocycles. The number of carbonyl (C=O) groups is 2. The number of aromatic nitrogens is 1. The van der Waals surface area contributed by atoms with Crippen LogP contribution in [-0.4, -0.2) is 48.4 Å². The van der Waals surface area contributed by atoms with Crippen molar-refractivity contribution in [1.82, 2.24) is 10.3 Å². The second kappa shape index (κ2) is 9.95. The third-order valence-electron chi connectivity index (χ3n) is 5.96. The van der Waals surface area contributed by atoms with Gasteiger partial charge in [-0.05, 0) is 25.1 Å². The van der Waals surface area contributed by atoms with Crippen LogP contribution >= 0.6 is 0 Å². The number of anilines is 1. The van der Waals surface area contributed by atoms with Crippen molar-refractivity contribution in [3.05, 3.63) is 102 Å². The maximum Gasteiger partial charge on any atom is 0.272 e. The van der Waals surface area contributed by atoms with E-state index in [-0.39, 0.29) is 5.91 Å². The average Bonchev–Trinajstić information content (AvgIpc) is 3.30. The first kappa shape index (κ1) is 22.6. The summed E-state index contributed by atoms with van der Waals surface area (Å²) in [5.74, 6) is -0.709. The Morgan fingerprint density at radius 1 is 1.03 bits per heavy atom. The van der Waals surface area contributed by atoms with Crippen LogP contribution < -0.4 is 10.2 Å². The number of carbonyl (C=O) groups excluding carboxylic acids is 2. The summed E-state index contributed by atoms with van der Waals surface area (Å²) in [5, 5.41) is 3.77. The Balaban J connectivity index is 1.55. The Morgan fingerprint density at radius 2 is 1.77 bits per heavy atom. The third kappa shape index (κ3) is 4.58. The lowest BCUT2D eigenvalue weighted by molar-refractivity contribution is -0.120. The van der Waals surface area contributed by atoms with Gasteiger partial charge in [0.1, 0.15) is 5.69 Å². The zero-order valence-electron chi connectivity index (χ0n) is 19.4. The number of rotatable bonds is 7. The van der Waals surface area contributed by atoms with Gasteiger partial charge in [-0.3, -0.25) is 9.59 Å². The number of para-hydroxylation sites is 2. The van der Waals surface area contributed by atoms with Crippen LogP contribution in [0.15, 0.2) is 89.9 Å². The van der Waals surface area contributed by atoms with Crippen molar-refractivity contribution in [2.24, 2.45) is 4.99 Å². The molecule has 1 aliphatic heterocycles. The molecule has 2 amide bonds. The first-order valence-corrected chi connectivity index (χ1v) is 11.7. The average molecular weight is 467 g/mol. The van der Waals surface area contributed by atoms with Gasteiger partial charge in [0.15, 0.2) is 0 Å². The summed E-state index contributed by atoms with van der Waals surface area (Å²) >= 11 is 0. The molecule has 1 atom stereocenters. The first-order chi connectivity index (χ1) is 17.2. The summed E-state index contributed by atoms with van der Waals surface area (Å²) in [6.07, 6.45) is -1.10. The highest BCUT2D eigenvalue weighted by molar-refractivity contribution is 6.20. The molecule has 4 aromatic rings. The largest absolute Gasteiger partial charge is 0.380 e. The smallest absolute Gasteiger partial charge is 0.272 e. The van der Waals surface area contributed by atoms with E-state index in [4.69, 9.17) is 9.73 Å². The molecule has 3 aromatic carbocycles. The van der Waals surface area contributed by atoms with E-state index in [1.54, 1.807) is 11.0 Å². The second-order valence-corrected chi connectivity index (χ2v) is 8.19. The SMILES string of the molecule is CCOCCN1C(=O)C(NC(=O)c2cc3ccccc3[nH]2)N=C(c2ccccc2)c2ccccc21. The second-order valence-electron chi connectivity index (χ2n) is 8.19. The van der Waals surface area contributed by atoms with Gasteiger partial charge in [-0.15, -0.1) is 0 Å². The Labute approximate surface area is 203 Å². The third-order valence-corrected chi connectivity index (χ3v) is 5.96. The minimum absolute atomic E-state index is 0.312. The van der Waals surface area contributed by atoms with Crippen molar-refractivity contribution in [3.8, 4) is 0 Å². The quantitative estimate of drug-likeness (QED) is 0.401. The van der Waals surface area contributed by atoms with Gasteiger partial charge in [-0.1, -0.05) is 66.7 Å². The molecule has 2 N–H and O–H groups in total. The number of fused-ring (bicyclic) bond motifs is 2. The van der Waals surface area contributed by atoms with Crippen molar-refractivity contribution >= 4 is 34.1 Å². The van der Waals surface area contributed by atoms with Gasteiger partial charge in [0, 0.05) is 35.2 Å². The molecule has 0 fully saturated rings. The molecule has 0 bridgehead atoms. The number of aliphatic imine (C=N–C) groups is 1. The Hall–Kier alpha value is -4.23.